The summed E-state index contributed by atoms with van der Waals surface area (Å²) in [4.78, 5) is 4.67. The van der Waals surface area contributed by atoms with Crippen LogP contribution in [0.1, 0.15) is 25.7 Å². The number of rotatable bonds is 6. The lowest BCUT2D eigenvalue weighted by Crippen LogP contribution is -2.35. The van der Waals surface area contributed by atoms with E-state index in [9.17, 15) is 0 Å². The van der Waals surface area contributed by atoms with Crippen molar-refractivity contribution in [2.24, 2.45) is 5.92 Å². The lowest BCUT2D eigenvalue weighted by atomic mass is 9.85. The predicted octanol–water partition coefficient (Wildman–Crippen LogP) is 3.29. The molecule has 1 aliphatic carbocycles. The van der Waals surface area contributed by atoms with Crippen LogP contribution in [0.2, 0.25) is 0 Å². The Labute approximate surface area is 113 Å². The first-order valence-corrected chi connectivity index (χ1v) is 6.91. The number of likely N-dealkylation sites (N-methyl/N-ethyl adjacent to an activating group) is 1. The van der Waals surface area contributed by atoms with Gasteiger partial charge in [-0.2, -0.15) is 0 Å². The average Bonchev–Trinajstić information content (AvgIpc) is 2.36. The average molecular weight is 248 g/mol. The molecule has 1 saturated carbocycles. The second-order valence-corrected chi connectivity index (χ2v) is 5.55. The van der Waals surface area contributed by atoms with Crippen molar-refractivity contribution in [1.82, 2.24) is 9.80 Å². The van der Waals surface area contributed by atoms with Crippen LogP contribution in [-0.2, 0) is 0 Å². The number of hydrogen-bond acceptors (Lipinski definition) is 2. The van der Waals surface area contributed by atoms with Gasteiger partial charge in [-0.3, -0.25) is 0 Å². The lowest BCUT2D eigenvalue weighted by molar-refractivity contribution is 0.175. The Bertz CT molecular complexity index is 296. The van der Waals surface area contributed by atoms with Crippen LogP contribution in [0.3, 0.4) is 0 Å². The van der Waals surface area contributed by atoms with Gasteiger partial charge in [0, 0.05) is 25.3 Å². The Morgan fingerprint density at radius 2 is 1.72 bits per heavy atom. The lowest BCUT2D eigenvalue weighted by Gasteiger charge is -2.35. The van der Waals surface area contributed by atoms with Gasteiger partial charge in [-0.15, -0.1) is 0 Å². The number of allylic oxidation sites excluding steroid dienone is 3. The van der Waals surface area contributed by atoms with E-state index in [-0.39, 0.29) is 0 Å². The standard InChI is InChI=1S/C16H28N2/c1-6-8-15(7-2)18(5)13-14-9-11-16(12-10-14)17(3)4/h6-8,14,16H,1-2,9-13H2,3-5H3. The molecule has 0 unspecified atom stereocenters. The molecule has 0 aromatic rings. The van der Waals surface area contributed by atoms with Crippen molar-refractivity contribution in [1.29, 1.82) is 0 Å². The first-order chi connectivity index (χ1) is 8.58. The normalized spacial score (nSPS) is 25.0. The van der Waals surface area contributed by atoms with E-state index < -0.39 is 0 Å². The second kappa shape index (κ2) is 7.42. The molecule has 0 aliphatic heterocycles. The number of nitrogens with zero attached hydrogens (tertiary/aromatic N) is 2. The molecule has 0 radical (unpaired) electrons. The van der Waals surface area contributed by atoms with Gasteiger partial charge in [0.15, 0.2) is 0 Å². The third-order valence-electron chi connectivity index (χ3n) is 4.02. The molecule has 0 atom stereocenters. The molecule has 2 heteroatoms. The molecule has 0 heterocycles. The molecular formula is C16H28N2. The van der Waals surface area contributed by atoms with Crippen molar-refractivity contribution < 1.29 is 0 Å². The highest BCUT2D eigenvalue weighted by Crippen LogP contribution is 2.27. The van der Waals surface area contributed by atoms with Gasteiger partial charge in [-0.05, 0) is 57.8 Å². The Kier molecular flexibility index (Phi) is 6.20. The highest BCUT2D eigenvalue weighted by Gasteiger charge is 2.23. The zero-order valence-corrected chi connectivity index (χ0v) is 12.2. The summed E-state index contributed by atoms with van der Waals surface area (Å²) in [5.74, 6) is 0.819. The molecule has 1 aliphatic rings. The third-order valence-corrected chi connectivity index (χ3v) is 4.02. The Hall–Kier alpha value is -1.02. The van der Waals surface area contributed by atoms with Crippen molar-refractivity contribution in [3.8, 4) is 0 Å². The molecular weight excluding hydrogens is 220 g/mol. The van der Waals surface area contributed by atoms with Crippen LogP contribution in [0.25, 0.3) is 0 Å². The van der Waals surface area contributed by atoms with Crippen molar-refractivity contribution >= 4 is 0 Å². The first kappa shape index (κ1) is 15.0. The van der Waals surface area contributed by atoms with Gasteiger partial charge in [0.1, 0.15) is 0 Å². The molecule has 0 bridgehead atoms. The van der Waals surface area contributed by atoms with Crippen LogP contribution in [0.15, 0.2) is 37.1 Å². The Morgan fingerprint density at radius 1 is 1.11 bits per heavy atom. The molecule has 102 valence electrons. The molecule has 0 aromatic carbocycles. The quantitative estimate of drug-likeness (QED) is 0.666. The van der Waals surface area contributed by atoms with E-state index in [1.165, 1.54) is 31.4 Å². The van der Waals surface area contributed by atoms with E-state index in [1.54, 1.807) is 0 Å². The van der Waals surface area contributed by atoms with Crippen molar-refractivity contribution in [2.45, 2.75) is 31.7 Å². The van der Waals surface area contributed by atoms with Gasteiger partial charge in [-0.25, -0.2) is 0 Å². The van der Waals surface area contributed by atoms with Crippen LogP contribution < -0.4 is 0 Å². The van der Waals surface area contributed by atoms with Crippen molar-refractivity contribution in [3.63, 3.8) is 0 Å². The summed E-state index contributed by atoms with van der Waals surface area (Å²) in [6.07, 6.45) is 11.1. The minimum absolute atomic E-state index is 0.786. The van der Waals surface area contributed by atoms with Gasteiger partial charge >= 0.3 is 0 Å². The van der Waals surface area contributed by atoms with E-state index >= 15 is 0 Å². The summed E-state index contributed by atoms with van der Waals surface area (Å²) in [7, 11) is 6.54. The fraction of sp³-hybridized carbons (Fsp3) is 0.625. The summed E-state index contributed by atoms with van der Waals surface area (Å²) in [6, 6.07) is 0.786. The summed E-state index contributed by atoms with van der Waals surface area (Å²) in [6.45, 7) is 8.75. The maximum Gasteiger partial charge on any atom is 0.0357 e. The fourth-order valence-corrected chi connectivity index (χ4v) is 2.81. The van der Waals surface area contributed by atoms with Crippen molar-refractivity contribution in [2.75, 3.05) is 27.7 Å². The maximum absolute atomic E-state index is 3.86. The minimum atomic E-state index is 0.786. The van der Waals surface area contributed by atoms with Crippen LogP contribution in [0.5, 0.6) is 0 Å². The summed E-state index contributed by atoms with van der Waals surface area (Å²) in [5.41, 5.74) is 1.17. The summed E-state index contributed by atoms with van der Waals surface area (Å²) in [5, 5.41) is 0. The highest BCUT2D eigenvalue weighted by atomic mass is 15.1. The zero-order valence-electron chi connectivity index (χ0n) is 12.2. The summed E-state index contributed by atoms with van der Waals surface area (Å²) < 4.78 is 0. The first-order valence-electron chi connectivity index (χ1n) is 6.91. The SMILES string of the molecule is C=CC=C(C=C)N(C)CC1CCC(N(C)C)CC1. The van der Waals surface area contributed by atoms with Crippen LogP contribution in [0.4, 0.5) is 0 Å². The zero-order chi connectivity index (χ0) is 13.5. The molecule has 0 aromatic heterocycles. The Balaban J connectivity index is 2.43. The summed E-state index contributed by atoms with van der Waals surface area (Å²) >= 11 is 0. The molecule has 0 amide bonds. The van der Waals surface area contributed by atoms with Crippen molar-refractivity contribution in [3.05, 3.63) is 37.1 Å². The molecule has 2 nitrogen and oxygen atoms in total. The fourth-order valence-electron chi connectivity index (χ4n) is 2.81. The van der Waals surface area contributed by atoms with E-state index in [0.717, 1.165) is 18.5 Å². The van der Waals surface area contributed by atoms with Gasteiger partial charge in [0.05, 0.1) is 0 Å². The topological polar surface area (TPSA) is 6.48 Å². The Morgan fingerprint density at radius 3 is 2.17 bits per heavy atom. The van der Waals surface area contributed by atoms with E-state index in [2.05, 4.69) is 44.1 Å². The third kappa shape index (κ3) is 4.34. The predicted molar refractivity (Wildman–Crippen MR) is 80.5 cm³/mol. The molecule has 0 saturated heterocycles. The van der Waals surface area contributed by atoms with Crippen LogP contribution in [-0.4, -0.2) is 43.5 Å². The largest absolute Gasteiger partial charge is 0.374 e. The second-order valence-electron chi connectivity index (χ2n) is 5.55. The van der Waals surface area contributed by atoms with Gasteiger partial charge < -0.3 is 9.80 Å². The minimum Gasteiger partial charge on any atom is -0.374 e. The highest BCUT2D eigenvalue weighted by molar-refractivity contribution is 5.19. The van der Waals surface area contributed by atoms with Crippen LogP contribution in [0, 0.1) is 5.92 Å². The molecule has 1 fully saturated rings. The van der Waals surface area contributed by atoms with E-state index in [0.29, 0.717) is 0 Å². The van der Waals surface area contributed by atoms with Gasteiger partial charge in [0.2, 0.25) is 0 Å². The number of hydrogen-bond donors (Lipinski definition) is 0. The molecule has 0 N–H and O–H groups in total. The molecule has 18 heavy (non-hydrogen) atoms. The molecule has 1 rings (SSSR count). The van der Waals surface area contributed by atoms with Crippen LogP contribution >= 0.6 is 0 Å². The van der Waals surface area contributed by atoms with Gasteiger partial charge in [-0.1, -0.05) is 19.2 Å². The maximum atomic E-state index is 3.86. The molecule has 0 spiro atoms. The monoisotopic (exact) mass is 248 g/mol. The van der Waals surface area contributed by atoms with E-state index in [4.69, 9.17) is 0 Å². The van der Waals surface area contributed by atoms with Gasteiger partial charge in [0.25, 0.3) is 0 Å². The smallest absolute Gasteiger partial charge is 0.0357 e. The van der Waals surface area contributed by atoms with E-state index in [1.807, 2.05) is 18.2 Å².